The van der Waals surface area contributed by atoms with Crippen molar-refractivity contribution < 1.29 is 22.7 Å². The first kappa shape index (κ1) is 24.8. The number of rotatable bonds is 9. The highest BCUT2D eigenvalue weighted by molar-refractivity contribution is 7.87. The Morgan fingerprint density at radius 2 is 1.91 bits per heavy atom. The van der Waals surface area contributed by atoms with Gasteiger partial charge in [0.25, 0.3) is 16.1 Å². The SMILES string of the molecule is C[C@@H](C(N)=O)N(C(=O)[C@H](Cc1ccccc1)NS(=O)(=O)N1CC[N+](C)([O-])CC1)n1ccnc1. The van der Waals surface area contributed by atoms with E-state index < -0.39 is 38.8 Å². The van der Waals surface area contributed by atoms with Crippen LogP contribution in [0.5, 0.6) is 0 Å². The van der Waals surface area contributed by atoms with E-state index in [4.69, 9.17) is 5.73 Å². The molecule has 1 saturated heterocycles. The molecule has 0 unspecified atom stereocenters. The van der Waals surface area contributed by atoms with Gasteiger partial charge in [-0.2, -0.15) is 17.4 Å². The largest absolute Gasteiger partial charge is 0.633 e. The molecule has 2 heterocycles. The number of quaternary nitrogens is 1. The smallest absolute Gasteiger partial charge is 0.280 e. The molecule has 0 radical (unpaired) electrons. The number of hydroxylamine groups is 3. The Hall–Kier alpha value is -2.84. The van der Waals surface area contributed by atoms with Crippen LogP contribution in [-0.2, 0) is 26.2 Å². The van der Waals surface area contributed by atoms with Crippen molar-refractivity contribution in [1.82, 2.24) is 18.7 Å². The Bertz CT molecular complexity index is 1050. The zero-order valence-corrected chi connectivity index (χ0v) is 19.4. The van der Waals surface area contributed by atoms with Crippen LogP contribution >= 0.6 is 0 Å². The molecule has 2 atom stereocenters. The minimum absolute atomic E-state index is 0.0322. The van der Waals surface area contributed by atoms with Gasteiger partial charge in [-0.1, -0.05) is 30.3 Å². The first-order chi connectivity index (χ1) is 15.5. The number of nitrogens with two attached hydrogens (primary N) is 1. The maximum atomic E-state index is 13.6. The summed E-state index contributed by atoms with van der Waals surface area (Å²) >= 11 is 0. The van der Waals surface area contributed by atoms with E-state index in [0.29, 0.717) is 0 Å². The quantitative estimate of drug-likeness (QED) is 0.345. The van der Waals surface area contributed by atoms with E-state index in [9.17, 15) is 23.2 Å². The van der Waals surface area contributed by atoms with Crippen molar-refractivity contribution in [3.8, 4) is 0 Å². The standard InChI is InChI=1S/C20H29N7O5S/c1-16(19(21)28)26(24-9-8-22-15-24)20(29)18(14-17-6-4-3-5-7-17)23-33(31,32)25-10-12-27(2,30)13-11-25/h3-9,15-16,18,23H,10-14H2,1-2H3,(H2,21,28)/t16-,18-/m0/s1. The summed E-state index contributed by atoms with van der Waals surface area (Å²) in [6, 6.07) is 6.61. The van der Waals surface area contributed by atoms with Gasteiger partial charge in [0.2, 0.25) is 5.91 Å². The first-order valence-corrected chi connectivity index (χ1v) is 11.9. The Labute approximate surface area is 192 Å². The molecule has 3 N–H and O–H groups in total. The fraction of sp³-hybridized carbons (Fsp3) is 0.450. The van der Waals surface area contributed by atoms with E-state index in [1.165, 1.54) is 37.4 Å². The molecule has 0 spiro atoms. The summed E-state index contributed by atoms with van der Waals surface area (Å²) in [6.07, 6.45) is 4.25. The average molecular weight is 480 g/mol. The number of primary amides is 1. The number of aromatic nitrogens is 2. The number of hydrogen-bond acceptors (Lipinski definition) is 6. The molecule has 0 aliphatic carbocycles. The number of nitrogens with zero attached hydrogens (tertiary/aromatic N) is 5. The van der Waals surface area contributed by atoms with Crippen LogP contribution in [0.1, 0.15) is 12.5 Å². The first-order valence-electron chi connectivity index (χ1n) is 10.5. The number of benzene rings is 1. The van der Waals surface area contributed by atoms with E-state index in [-0.39, 0.29) is 32.6 Å². The molecule has 180 valence electrons. The maximum absolute atomic E-state index is 13.6. The van der Waals surface area contributed by atoms with Crippen LogP contribution < -0.4 is 15.5 Å². The summed E-state index contributed by atoms with van der Waals surface area (Å²) in [7, 11) is -2.61. The highest BCUT2D eigenvalue weighted by Crippen LogP contribution is 2.14. The van der Waals surface area contributed by atoms with E-state index in [2.05, 4.69) is 9.71 Å². The fourth-order valence-electron chi connectivity index (χ4n) is 3.56. The molecule has 2 amide bonds. The van der Waals surface area contributed by atoms with E-state index >= 15 is 0 Å². The molecular weight excluding hydrogens is 450 g/mol. The van der Waals surface area contributed by atoms with Crippen LogP contribution in [0.2, 0.25) is 0 Å². The number of imidazole rings is 1. The lowest BCUT2D eigenvalue weighted by molar-refractivity contribution is -0.864. The third-order valence-electron chi connectivity index (χ3n) is 5.60. The van der Waals surface area contributed by atoms with Gasteiger partial charge in [0.1, 0.15) is 18.4 Å². The molecule has 3 rings (SSSR count). The number of carbonyl (C=O) groups is 2. The molecule has 0 saturated carbocycles. The second-order valence-corrected chi connectivity index (χ2v) is 9.91. The van der Waals surface area contributed by atoms with Crippen LogP contribution in [-0.4, -0.2) is 84.2 Å². The molecule has 1 aliphatic heterocycles. The molecule has 33 heavy (non-hydrogen) atoms. The Balaban J connectivity index is 1.91. The van der Waals surface area contributed by atoms with Crippen molar-refractivity contribution in [1.29, 1.82) is 0 Å². The van der Waals surface area contributed by atoms with Crippen molar-refractivity contribution in [2.75, 3.05) is 38.2 Å². The number of hydrogen-bond donors (Lipinski definition) is 2. The highest BCUT2D eigenvalue weighted by atomic mass is 32.2. The minimum Gasteiger partial charge on any atom is -0.633 e. The molecule has 2 aromatic rings. The summed E-state index contributed by atoms with van der Waals surface area (Å²) in [4.78, 5) is 29.5. The van der Waals surface area contributed by atoms with Crippen molar-refractivity contribution in [2.45, 2.75) is 25.4 Å². The molecule has 1 fully saturated rings. The zero-order valence-electron chi connectivity index (χ0n) is 18.6. The topological polar surface area (TPSA) is 154 Å². The lowest BCUT2D eigenvalue weighted by Gasteiger charge is -2.44. The molecule has 1 aromatic carbocycles. The Kier molecular flexibility index (Phi) is 7.49. The normalized spacial score (nSPS) is 18.4. The molecule has 1 aromatic heterocycles. The third kappa shape index (κ3) is 6.15. The van der Waals surface area contributed by atoms with Gasteiger partial charge >= 0.3 is 0 Å². The summed E-state index contributed by atoms with van der Waals surface area (Å²) < 4.78 is 30.7. The van der Waals surface area contributed by atoms with E-state index in [0.717, 1.165) is 14.9 Å². The Morgan fingerprint density at radius 1 is 1.27 bits per heavy atom. The fourth-order valence-corrected chi connectivity index (χ4v) is 4.89. The highest BCUT2D eigenvalue weighted by Gasteiger charge is 2.37. The summed E-state index contributed by atoms with van der Waals surface area (Å²) in [6.45, 7) is 1.73. The summed E-state index contributed by atoms with van der Waals surface area (Å²) in [5.41, 5.74) is 6.18. The van der Waals surface area contributed by atoms with Crippen molar-refractivity contribution in [2.24, 2.45) is 5.73 Å². The number of carbonyl (C=O) groups excluding carboxylic acids is 2. The molecule has 1 aliphatic rings. The van der Waals surface area contributed by atoms with Crippen LogP contribution in [0, 0.1) is 5.21 Å². The lowest BCUT2D eigenvalue weighted by Crippen LogP contribution is -2.62. The number of piperazine rings is 1. The monoisotopic (exact) mass is 479 g/mol. The van der Waals surface area contributed by atoms with Gasteiger partial charge in [0.15, 0.2) is 0 Å². The van der Waals surface area contributed by atoms with Crippen molar-refractivity contribution in [3.05, 3.63) is 59.8 Å². The number of amides is 2. The summed E-state index contributed by atoms with van der Waals surface area (Å²) in [5, 5.41) is 13.2. The van der Waals surface area contributed by atoms with Gasteiger partial charge < -0.3 is 15.6 Å². The van der Waals surface area contributed by atoms with Crippen LogP contribution in [0.3, 0.4) is 0 Å². The number of likely N-dealkylation sites (N-methyl/N-ethyl adjacent to an activating group) is 1. The molecule has 12 nitrogen and oxygen atoms in total. The third-order valence-corrected chi connectivity index (χ3v) is 7.23. The predicted molar refractivity (Wildman–Crippen MR) is 121 cm³/mol. The minimum atomic E-state index is -4.10. The van der Waals surface area contributed by atoms with Crippen LogP contribution in [0.4, 0.5) is 0 Å². The predicted octanol–water partition coefficient (Wildman–Crippen LogP) is -1.07. The second-order valence-electron chi connectivity index (χ2n) is 8.21. The van der Waals surface area contributed by atoms with Crippen molar-refractivity contribution >= 4 is 22.0 Å². The van der Waals surface area contributed by atoms with Gasteiger partial charge in [-0.3, -0.25) is 9.59 Å². The average Bonchev–Trinajstić information content (AvgIpc) is 3.28. The second kappa shape index (κ2) is 9.97. The van der Waals surface area contributed by atoms with Gasteiger partial charge in [-0.15, -0.1) is 0 Å². The number of nitrogens with one attached hydrogen (secondary N) is 1. The van der Waals surface area contributed by atoms with Crippen LogP contribution in [0.25, 0.3) is 0 Å². The van der Waals surface area contributed by atoms with Crippen molar-refractivity contribution in [3.63, 3.8) is 0 Å². The molecular formula is C20H29N7O5S. The zero-order chi connectivity index (χ0) is 24.2. The van der Waals surface area contributed by atoms with Gasteiger partial charge in [-0.05, 0) is 18.9 Å². The van der Waals surface area contributed by atoms with Gasteiger partial charge in [0.05, 0.1) is 33.2 Å². The van der Waals surface area contributed by atoms with Gasteiger partial charge in [0, 0.05) is 12.4 Å². The molecule has 0 bridgehead atoms. The van der Waals surface area contributed by atoms with Gasteiger partial charge in [-0.25, -0.2) is 14.7 Å². The van der Waals surface area contributed by atoms with E-state index in [1.807, 2.05) is 6.07 Å². The Morgan fingerprint density at radius 3 is 2.45 bits per heavy atom. The van der Waals surface area contributed by atoms with Crippen LogP contribution in [0.15, 0.2) is 49.1 Å². The maximum Gasteiger partial charge on any atom is 0.280 e. The molecule has 13 heteroatoms. The lowest BCUT2D eigenvalue weighted by atomic mass is 10.1. The van der Waals surface area contributed by atoms with E-state index in [1.54, 1.807) is 24.3 Å². The summed E-state index contributed by atoms with van der Waals surface area (Å²) in [5.74, 6) is -1.44.